The summed E-state index contributed by atoms with van der Waals surface area (Å²) < 4.78 is 5.90. The van der Waals surface area contributed by atoms with Gasteiger partial charge in [0.05, 0.1) is 13.1 Å². The fourth-order valence-electron chi connectivity index (χ4n) is 4.65. The van der Waals surface area contributed by atoms with Crippen molar-refractivity contribution in [1.82, 2.24) is 20.4 Å². The molecule has 0 radical (unpaired) electrons. The molecule has 0 aliphatic carbocycles. The topological polar surface area (TPSA) is 98.0 Å². The predicted octanol–water partition coefficient (Wildman–Crippen LogP) is 2.73. The molecule has 2 amide bonds. The second-order valence-electron chi connectivity index (χ2n) is 9.70. The van der Waals surface area contributed by atoms with Gasteiger partial charge in [0.25, 0.3) is 0 Å². The molecule has 0 atom stereocenters. The number of likely N-dealkylation sites (tertiary alicyclic amines) is 2. The van der Waals surface area contributed by atoms with E-state index < -0.39 is 0 Å². The average molecular weight is 509 g/mol. The van der Waals surface area contributed by atoms with E-state index in [1.807, 2.05) is 48.5 Å². The minimum absolute atomic E-state index is 0.0606. The molecule has 37 heavy (non-hydrogen) atoms. The molecule has 2 fully saturated rings. The molecule has 9 heteroatoms. The Balaban J connectivity index is 1.11. The lowest BCUT2D eigenvalue weighted by Crippen LogP contribution is -2.34. The quantitative estimate of drug-likeness (QED) is 0.291. The van der Waals surface area contributed by atoms with E-state index in [2.05, 4.69) is 31.1 Å². The number of amides is 2. The Hall–Kier alpha value is -2.98. The van der Waals surface area contributed by atoms with Crippen molar-refractivity contribution in [1.29, 1.82) is 0 Å². The highest BCUT2D eigenvalue weighted by atomic mass is 16.5. The van der Waals surface area contributed by atoms with E-state index >= 15 is 0 Å². The summed E-state index contributed by atoms with van der Waals surface area (Å²) >= 11 is 0. The van der Waals surface area contributed by atoms with Gasteiger partial charge in [-0.15, -0.1) is 0 Å². The van der Waals surface area contributed by atoms with E-state index in [1.54, 1.807) is 0 Å². The Morgan fingerprint density at radius 2 is 1.00 bits per heavy atom. The Morgan fingerprint density at radius 3 is 1.38 bits per heavy atom. The van der Waals surface area contributed by atoms with E-state index in [0.717, 1.165) is 37.6 Å². The van der Waals surface area contributed by atoms with E-state index in [0.29, 0.717) is 24.6 Å². The zero-order valence-electron chi connectivity index (χ0n) is 21.6. The molecule has 2 aromatic rings. The number of carbonyl (C=O) groups excluding carboxylic acids is 2. The van der Waals surface area contributed by atoms with Crippen LogP contribution < -0.4 is 26.0 Å². The Morgan fingerprint density at radius 1 is 0.622 bits per heavy atom. The van der Waals surface area contributed by atoms with Crippen molar-refractivity contribution in [2.24, 2.45) is 0 Å². The zero-order chi connectivity index (χ0) is 25.7. The van der Waals surface area contributed by atoms with Crippen molar-refractivity contribution in [3.63, 3.8) is 0 Å². The second-order valence-corrected chi connectivity index (χ2v) is 9.70. The fraction of sp³-hybridized carbons (Fsp3) is 0.500. The lowest BCUT2D eigenvalue weighted by molar-refractivity contribution is -0.116. The maximum Gasteiger partial charge on any atom is 0.238 e. The fourth-order valence-corrected chi connectivity index (χ4v) is 4.65. The molecule has 4 N–H and O–H groups in total. The predicted molar refractivity (Wildman–Crippen MR) is 147 cm³/mol. The van der Waals surface area contributed by atoms with Gasteiger partial charge in [-0.2, -0.15) is 0 Å². The zero-order valence-corrected chi connectivity index (χ0v) is 21.6. The highest BCUT2D eigenvalue weighted by Crippen LogP contribution is 2.24. The maximum atomic E-state index is 12.2. The summed E-state index contributed by atoms with van der Waals surface area (Å²) in [5, 5.41) is 12.2. The molecule has 0 saturated carbocycles. The van der Waals surface area contributed by atoms with Crippen molar-refractivity contribution < 1.29 is 14.3 Å². The van der Waals surface area contributed by atoms with Gasteiger partial charge in [0.1, 0.15) is 11.5 Å². The van der Waals surface area contributed by atoms with Gasteiger partial charge in [-0.1, -0.05) is 0 Å². The standard InChI is InChI=1S/C28H40N6O3/c35-27(21-29-13-19-33-15-1-2-16-33)31-23-5-9-25(10-6-23)37-26-11-7-24(8-12-26)32-28(36)22-30-14-20-34-17-3-4-18-34/h5-12,29-30H,1-4,13-22H2,(H,31,35)(H,32,36). The first-order valence-corrected chi connectivity index (χ1v) is 13.5. The highest BCUT2D eigenvalue weighted by Gasteiger charge is 2.12. The number of carbonyl (C=O) groups is 2. The first kappa shape index (κ1) is 27.1. The van der Waals surface area contributed by atoms with Crippen LogP contribution in [-0.4, -0.2) is 87.1 Å². The third-order valence-corrected chi connectivity index (χ3v) is 6.69. The third-order valence-electron chi connectivity index (χ3n) is 6.69. The molecule has 2 heterocycles. The van der Waals surface area contributed by atoms with Crippen LogP contribution in [-0.2, 0) is 9.59 Å². The smallest absolute Gasteiger partial charge is 0.238 e. The Kier molecular flexibility index (Phi) is 10.7. The Labute approximate surface area is 219 Å². The normalized spacial score (nSPS) is 16.1. The van der Waals surface area contributed by atoms with E-state index in [9.17, 15) is 9.59 Å². The lowest BCUT2D eigenvalue weighted by Gasteiger charge is -2.14. The Bertz CT molecular complexity index is 891. The largest absolute Gasteiger partial charge is 0.457 e. The van der Waals surface area contributed by atoms with Gasteiger partial charge < -0.3 is 35.8 Å². The summed E-state index contributed by atoms with van der Waals surface area (Å²) in [5.74, 6) is 1.21. The second kappa shape index (κ2) is 14.7. The lowest BCUT2D eigenvalue weighted by atomic mass is 10.2. The number of nitrogens with zero attached hydrogens (tertiary/aromatic N) is 2. The first-order chi connectivity index (χ1) is 18.1. The molecule has 0 unspecified atom stereocenters. The van der Waals surface area contributed by atoms with Crippen molar-refractivity contribution in [2.45, 2.75) is 25.7 Å². The first-order valence-electron chi connectivity index (χ1n) is 13.5. The number of rotatable bonds is 14. The van der Waals surface area contributed by atoms with Crippen molar-refractivity contribution >= 4 is 23.2 Å². The van der Waals surface area contributed by atoms with Gasteiger partial charge in [0.15, 0.2) is 0 Å². The van der Waals surface area contributed by atoms with Crippen LogP contribution in [0.2, 0.25) is 0 Å². The average Bonchev–Trinajstić information content (AvgIpc) is 3.62. The number of nitrogens with one attached hydrogen (secondary N) is 4. The summed E-state index contributed by atoms with van der Waals surface area (Å²) in [6, 6.07) is 14.6. The van der Waals surface area contributed by atoms with Crippen molar-refractivity contribution in [3.8, 4) is 11.5 Å². The summed E-state index contributed by atoms with van der Waals surface area (Å²) in [7, 11) is 0. The highest BCUT2D eigenvalue weighted by molar-refractivity contribution is 5.92. The van der Waals surface area contributed by atoms with E-state index in [-0.39, 0.29) is 11.8 Å². The molecule has 0 aromatic heterocycles. The van der Waals surface area contributed by atoms with Gasteiger partial charge in [0.2, 0.25) is 11.8 Å². The van der Waals surface area contributed by atoms with E-state index in [4.69, 9.17) is 4.74 Å². The molecule has 0 spiro atoms. The molecule has 2 aliphatic rings. The van der Waals surface area contributed by atoms with Crippen LogP contribution in [0.1, 0.15) is 25.7 Å². The van der Waals surface area contributed by atoms with Crippen molar-refractivity contribution in [2.75, 3.05) is 76.1 Å². The van der Waals surface area contributed by atoms with Crippen LogP contribution in [0.4, 0.5) is 11.4 Å². The minimum Gasteiger partial charge on any atom is -0.457 e. The molecule has 2 aromatic carbocycles. The van der Waals surface area contributed by atoms with Crippen LogP contribution >= 0.6 is 0 Å². The summed E-state index contributed by atoms with van der Waals surface area (Å²) in [6.45, 7) is 8.87. The van der Waals surface area contributed by atoms with Crippen LogP contribution in [0.3, 0.4) is 0 Å². The third kappa shape index (κ3) is 9.77. The van der Waals surface area contributed by atoms with Crippen LogP contribution in [0, 0.1) is 0 Å². The van der Waals surface area contributed by atoms with Gasteiger partial charge in [-0.05, 0) is 100 Å². The monoisotopic (exact) mass is 508 g/mol. The van der Waals surface area contributed by atoms with Gasteiger partial charge in [-0.25, -0.2) is 0 Å². The number of ether oxygens (including phenoxy) is 1. The summed E-state index contributed by atoms with van der Waals surface area (Å²) in [4.78, 5) is 29.2. The maximum absolute atomic E-state index is 12.2. The van der Waals surface area contributed by atoms with Gasteiger partial charge >= 0.3 is 0 Å². The number of hydrogen-bond donors (Lipinski definition) is 4. The van der Waals surface area contributed by atoms with Gasteiger partial charge in [-0.3, -0.25) is 9.59 Å². The molecule has 4 rings (SSSR count). The molecule has 2 saturated heterocycles. The van der Waals surface area contributed by atoms with Crippen molar-refractivity contribution in [3.05, 3.63) is 48.5 Å². The van der Waals surface area contributed by atoms with Crippen LogP contribution in [0.15, 0.2) is 48.5 Å². The molecule has 0 bridgehead atoms. The molecule has 9 nitrogen and oxygen atoms in total. The number of anilines is 2. The molecule has 200 valence electrons. The SMILES string of the molecule is O=C(CNCCN1CCCC1)Nc1ccc(Oc2ccc(NC(=O)CNCCN3CCCC3)cc2)cc1. The molecular weight excluding hydrogens is 468 g/mol. The number of benzene rings is 2. The van der Waals surface area contributed by atoms with E-state index in [1.165, 1.54) is 51.9 Å². The van der Waals surface area contributed by atoms with Crippen LogP contribution in [0.25, 0.3) is 0 Å². The summed E-state index contributed by atoms with van der Waals surface area (Å²) in [5.41, 5.74) is 1.46. The van der Waals surface area contributed by atoms with Crippen LogP contribution in [0.5, 0.6) is 11.5 Å². The molecule has 2 aliphatic heterocycles. The van der Waals surface area contributed by atoms with Gasteiger partial charge in [0, 0.05) is 37.6 Å². The molecular formula is C28H40N6O3. The minimum atomic E-state index is -0.0606. The number of hydrogen-bond acceptors (Lipinski definition) is 7. The summed E-state index contributed by atoms with van der Waals surface area (Å²) in [6.07, 6.45) is 5.11.